The Morgan fingerprint density at radius 2 is 1.72 bits per heavy atom. The first kappa shape index (κ1) is 19.1. The summed E-state index contributed by atoms with van der Waals surface area (Å²) in [4.78, 5) is 24.9. The van der Waals surface area contributed by atoms with Crippen LogP contribution in [0, 0.1) is 6.92 Å². The quantitative estimate of drug-likeness (QED) is 0.764. The second kappa shape index (κ2) is 9.89. The van der Waals surface area contributed by atoms with E-state index in [0.29, 0.717) is 18.5 Å². The number of rotatable bonds is 8. The second-order valence-electron chi connectivity index (χ2n) is 5.88. The largest absolute Gasteiger partial charge is 0.350 e. The van der Waals surface area contributed by atoms with Crippen LogP contribution < -0.4 is 10.6 Å². The van der Waals surface area contributed by atoms with Crippen molar-refractivity contribution in [3.8, 4) is 0 Å². The average Bonchev–Trinajstić information content (AvgIpc) is 2.65. The van der Waals surface area contributed by atoms with E-state index in [1.807, 2.05) is 55.6 Å². The normalized spacial score (nSPS) is 11.6. The molecule has 25 heavy (non-hydrogen) atoms. The molecule has 1 atom stereocenters. The molecule has 4 nitrogen and oxygen atoms in total. The summed E-state index contributed by atoms with van der Waals surface area (Å²) >= 11 is 1.66. The molecule has 2 rings (SSSR count). The highest BCUT2D eigenvalue weighted by atomic mass is 32.2. The fraction of sp³-hybridized carbons (Fsp3) is 0.300. The van der Waals surface area contributed by atoms with Gasteiger partial charge in [0.1, 0.15) is 6.04 Å². The number of thioether (sulfide) groups is 1. The molecule has 5 heteroatoms. The first-order chi connectivity index (χ1) is 12.1. The van der Waals surface area contributed by atoms with Gasteiger partial charge in [-0.15, -0.1) is 0 Å². The summed E-state index contributed by atoms with van der Waals surface area (Å²) in [6, 6.07) is 16.4. The van der Waals surface area contributed by atoms with E-state index in [0.717, 1.165) is 11.3 Å². The first-order valence-corrected chi connectivity index (χ1v) is 9.67. The van der Waals surface area contributed by atoms with Gasteiger partial charge in [0.05, 0.1) is 0 Å². The lowest BCUT2D eigenvalue weighted by Crippen LogP contribution is -2.46. The molecule has 2 aromatic carbocycles. The third-order valence-corrected chi connectivity index (χ3v) is 4.50. The van der Waals surface area contributed by atoms with E-state index >= 15 is 0 Å². The van der Waals surface area contributed by atoms with Crippen molar-refractivity contribution in [1.29, 1.82) is 0 Å². The third-order valence-electron chi connectivity index (χ3n) is 3.86. The van der Waals surface area contributed by atoms with Gasteiger partial charge < -0.3 is 10.6 Å². The Bertz CT molecular complexity index is 687. The maximum absolute atomic E-state index is 12.5. The van der Waals surface area contributed by atoms with Gasteiger partial charge in [-0.25, -0.2) is 0 Å². The predicted octanol–water partition coefficient (Wildman–Crippen LogP) is 3.16. The van der Waals surface area contributed by atoms with Crippen LogP contribution >= 0.6 is 11.8 Å². The fourth-order valence-corrected chi connectivity index (χ4v) is 2.83. The van der Waals surface area contributed by atoms with Crippen LogP contribution in [0.3, 0.4) is 0 Å². The maximum atomic E-state index is 12.5. The van der Waals surface area contributed by atoms with Gasteiger partial charge in [-0.3, -0.25) is 9.59 Å². The molecule has 0 heterocycles. The van der Waals surface area contributed by atoms with Crippen molar-refractivity contribution in [2.45, 2.75) is 25.9 Å². The molecule has 0 fully saturated rings. The summed E-state index contributed by atoms with van der Waals surface area (Å²) in [7, 11) is 0. The SMILES string of the molecule is CSCC[C@@H](NC(=O)c1ccccc1)C(=O)NCc1ccc(C)cc1. The molecule has 0 bridgehead atoms. The van der Waals surface area contributed by atoms with Crippen LogP contribution in [0.1, 0.15) is 27.9 Å². The minimum absolute atomic E-state index is 0.154. The minimum Gasteiger partial charge on any atom is -0.350 e. The van der Waals surface area contributed by atoms with E-state index in [9.17, 15) is 9.59 Å². The third kappa shape index (κ3) is 6.27. The Kier molecular flexibility index (Phi) is 7.54. The van der Waals surface area contributed by atoms with Gasteiger partial charge in [-0.2, -0.15) is 11.8 Å². The van der Waals surface area contributed by atoms with E-state index in [1.165, 1.54) is 5.56 Å². The molecule has 2 N–H and O–H groups in total. The predicted molar refractivity (Wildman–Crippen MR) is 104 cm³/mol. The smallest absolute Gasteiger partial charge is 0.251 e. The van der Waals surface area contributed by atoms with Crippen molar-refractivity contribution in [2.24, 2.45) is 0 Å². The Labute approximate surface area is 153 Å². The summed E-state index contributed by atoms with van der Waals surface area (Å²) < 4.78 is 0. The molecule has 0 saturated carbocycles. The zero-order chi connectivity index (χ0) is 18.1. The second-order valence-corrected chi connectivity index (χ2v) is 6.86. The van der Waals surface area contributed by atoms with Crippen LogP contribution in [-0.2, 0) is 11.3 Å². The van der Waals surface area contributed by atoms with E-state index in [2.05, 4.69) is 10.6 Å². The number of aryl methyl sites for hydroxylation is 1. The zero-order valence-electron chi connectivity index (χ0n) is 14.6. The first-order valence-electron chi connectivity index (χ1n) is 8.28. The molecule has 0 aliphatic rings. The van der Waals surface area contributed by atoms with Gasteiger partial charge in [0.2, 0.25) is 5.91 Å². The number of hydrogen-bond donors (Lipinski definition) is 2. The molecule has 2 aromatic rings. The molecular formula is C20H24N2O2S. The summed E-state index contributed by atoms with van der Waals surface area (Å²) in [6.07, 6.45) is 2.58. The topological polar surface area (TPSA) is 58.2 Å². The van der Waals surface area contributed by atoms with E-state index in [-0.39, 0.29) is 11.8 Å². The Balaban J connectivity index is 1.96. The fourth-order valence-electron chi connectivity index (χ4n) is 2.35. The number of benzene rings is 2. The van der Waals surface area contributed by atoms with Gasteiger partial charge in [0.25, 0.3) is 5.91 Å². The van der Waals surface area contributed by atoms with Crippen molar-refractivity contribution in [1.82, 2.24) is 10.6 Å². The van der Waals surface area contributed by atoms with Gasteiger partial charge in [0.15, 0.2) is 0 Å². The Hall–Kier alpha value is -2.27. The standard InChI is InChI=1S/C20H24N2O2S/c1-15-8-10-16(11-9-15)14-21-20(24)18(12-13-25-2)22-19(23)17-6-4-3-5-7-17/h3-11,18H,12-14H2,1-2H3,(H,21,24)(H,22,23)/t18-/m1/s1. The van der Waals surface area contributed by atoms with Crippen molar-refractivity contribution in [3.05, 3.63) is 71.3 Å². The number of amides is 2. The molecular weight excluding hydrogens is 332 g/mol. The van der Waals surface area contributed by atoms with Gasteiger partial charge in [0, 0.05) is 12.1 Å². The number of carbonyl (C=O) groups excluding carboxylic acids is 2. The van der Waals surface area contributed by atoms with Crippen molar-refractivity contribution in [2.75, 3.05) is 12.0 Å². The molecule has 0 aliphatic carbocycles. The van der Waals surface area contributed by atoms with E-state index in [4.69, 9.17) is 0 Å². The van der Waals surface area contributed by atoms with Crippen molar-refractivity contribution < 1.29 is 9.59 Å². The summed E-state index contributed by atoms with van der Waals surface area (Å²) in [5.74, 6) is 0.425. The van der Waals surface area contributed by atoms with Crippen molar-refractivity contribution >= 4 is 23.6 Å². The summed E-state index contributed by atoms with van der Waals surface area (Å²) in [5, 5.41) is 5.77. The maximum Gasteiger partial charge on any atom is 0.251 e. The Morgan fingerprint density at radius 3 is 2.36 bits per heavy atom. The minimum atomic E-state index is -0.536. The lowest BCUT2D eigenvalue weighted by molar-refractivity contribution is -0.123. The highest BCUT2D eigenvalue weighted by Gasteiger charge is 2.20. The van der Waals surface area contributed by atoms with Crippen LogP contribution in [0.4, 0.5) is 0 Å². The Morgan fingerprint density at radius 1 is 1.04 bits per heavy atom. The molecule has 0 radical (unpaired) electrons. The highest BCUT2D eigenvalue weighted by Crippen LogP contribution is 2.06. The number of carbonyl (C=O) groups is 2. The van der Waals surface area contributed by atoms with Crippen LogP contribution in [-0.4, -0.2) is 29.9 Å². The molecule has 0 saturated heterocycles. The average molecular weight is 356 g/mol. The summed E-state index contributed by atoms with van der Waals surface area (Å²) in [5.41, 5.74) is 2.78. The van der Waals surface area contributed by atoms with E-state index < -0.39 is 6.04 Å². The molecule has 2 amide bonds. The van der Waals surface area contributed by atoms with Gasteiger partial charge in [-0.1, -0.05) is 48.0 Å². The monoisotopic (exact) mass is 356 g/mol. The zero-order valence-corrected chi connectivity index (χ0v) is 15.4. The lowest BCUT2D eigenvalue weighted by atomic mass is 10.1. The van der Waals surface area contributed by atoms with Gasteiger partial charge >= 0.3 is 0 Å². The molecule has 0 spiro atoms. The number of hydrogen-bond acceptors (Lipinski definition) is 3. The molecule has 132 valence electrons. The van der Waals surface area contributed by atoms with Crippen LogP contribution in [0.2, 0.25) is 0 Å². The lowest BCUT2D eigenvalue weighted by Gasteiger charge is -2.18. The van der Waals surface area contributed by atoms with Crippen molar-refractivity contribution in [3.63, 3.8) is 0 Å². The molecule has 0 aromatic heterocycles. The van der Waals surface area contributed by atoms with E-state index in [1.54, 1.807) is 23.9 Å². The van der Waals surface area contributed by atoms with Gasteiger partial charge in [-0.05, 0) is 43.0 Å². The van der Waals surface area contributed by atoms with Crippen LogP contribution in [0.5, 0.6) is 0 Å². The summed E-state index contributed by atoms with van der Waals surface area (Å²) in [6.45, 7) is 2.48. The van der Waals surface area contributed by atoms with Crippen LogP contribution in [0.15, 0.2) is 54.6 Å². The highest BCUT2D eigenvalue weighted by molar-refractivity contribution is 7.98. The van der Waals surface area contributed by atoms with Crippen LogP contribution in [0.25, 0.3) is 0 Å². The number of nitrogens with one attached hydrogen (secondary N) is 2. The molecule has 0 unspecified atom stereocenters. The molecule has 0 aliphatic heterocycles.